The van der Waals surface area contributed by atoms with Crippen molar-refractivity contribution in [1.82, 2.24) is 9.03 Å². The third-order valence-electron chi connectivity index (χ3n) is 2.67. The number of ether oxygens (including phenoxy) is 1. The molecule has 20 heavy (non-hydrogen) atoms. The Morgan fingerprint density at radius 2 is 2.05 bits per heavy atom. The molecule has 0 unspecified atom stereocenters. The molecular weight excluding hydrogens is 314 g/mol. The lowest BCUT2D eigenvalue weighted by atomic mass is 10.2. The van der Waals surface area contributed by atoms with E-state index in [4.69, 9.17) is 4.74 Å². The smallest absolute Gasteiger partial charge is 0.304 e. The summed E-state index contributed by atoms with van der Waals surface area (Å²) >= 11 is 0.708. The highest BCUT2D eigenvalue weighted by Crippen LogP contribution is 2.28. The van der Waals surface area contributed by atoms with Gasteiger partial charge in [0.1, 0.15) is 0 Å². The number of hydrogen-bond acceptors (Lipinski definition) is 5. The van der Waals surface area contributed by atoms with Crippen molar-refractivity contribution < 1.29 is 26.7 Å². The zero-order valence-electron chi connectivity index (χ0n) is 10.2. The third kappa shape index (κ3) is 3.32. The Hall–Kier alpha value is -1.10. The minimum absolute atomic E-state index is 0.119. The van der Waals surface area contributed by atoms with Crippen LogP contribution in [-0.4, -0.2) is 44.9 Å². The van der Waals surface area contributed by atoms with Crippen LogP contribution in [0, 0.1) is 0 Å². The summed E-state index contributed by atoms with van der Waals surface area (Å²) in [7, 11) is -4.04. The van der Waals surface area contributed by atoms with Gasteiger partial charge in [0.15, 0.2) is 0 Å². The molecule has 1 saturated heterocycles. The molecular formula is C10H12F2N2O4S2. The molecule has 0 radical (unpaired) electrons. The Morgan fingerprint density at radius 1 is 1.40 bits per heavy atom. The highest BCUT2D eigenvalue weighted by Gasteiger charge is 2.28. The van der Waals surface area contributed by atoms with E-state index >= 15 is 0 Å². The molecule has 1 fully saturated rings. The van der Waals surface area contributed by atoms with Crippen LogP contribution in [0.3, 0.4) is 0 Å². The van der Waals surface area contributed by atoms with Crippen LogP contribution in [0.2, 0.25) is 0 Å². The maximum absolute atomic E-state index is 12.7. The quantitative estimate of drug-likeness (QED) is 0.895. The lowest BCUT2D eigenvalue weighted by Gasteiger charge is -2.25. The summed E-state index contributed by atoms with van der Waals surface area (Å²) < 4.78 is 57.0. The van der Waals surface area contributed by atoms with Gasteiger partial charge in [0, 0.05) is 13.1 Å². The predicted octanol–water partition coefficient (Wildman–Crippen LogP) is 0.993. The molecule has 1 amide bonds. The zero-order valence-corrected chi connectivity index (χ0v) is 11.8. The van der Waals surface area contributed by atoms with Crippen molar-refractivity contribution in [3.63, 3.8) is 0 Å². The van der Waals surface area contributed by atoms with Crippen molar-refractivity contribution in [3.8, 4) is 0 Å². The highest BCUT2D eigenvalue weighted by atomic mass is 32.2. The van der Waals surface area contributed by atoms with E-state index in [-0.39, 0.29) is 31.9 Å². The average Bonchev–Trinajstić information content (AvgIpc) is 2.88. The Kier molecular flexibility index (Phi) is 4.68. The molecule has 0 bridgehead atoms. The van der Waals surface area contributed by atoms with Gasteiger partial charge in [0.05, 0.1) is 23.7 Å². The molecule has 0 saturated carbocycles. The number of carbonyl (C=O) groups excluding carboxylic acids is 1. The maximum atomic E-state index is 12.7. The van der Waals surface area contributed by atoms with Gasteiger partial charge in [-0.25, -0.2) is 13.5 Å². The van der Waals surface area contributed by atoms with Crippen LogP contribution in [0.15, 0.2) is 11.4 Å². The van der Waals surface area contributed by atoms with Crippen molar-refractivity contribution in [2.24, 2.45) is 0 Å². The number of thiophene rings is 1. The molecule has 0 atom stereocenters. The molecule has 1 aliphatic rings. The van der Waals surface area contributed by atoms with Gasteiger partial charge in [-0.3, -0.25) is 4.79 Å². The van der Waals surface area contributed by atoms with E-state index in [0.717, 1.165) is 4.31 Å². The number of carbonyl (C=O) groups is 1. The molecule has 1 aliphatic heterocycles. The van der Waals surface area contributed by atoms with E-state index in [2.05, 4.69) is 0 Å². The van der Waals surface area contributed by atoms with E-state index in [0.29, 0.717) is 11.3 Å². The zero-order chi connectivity index (χ0) is 14.8. The van der Waals surface area contributed by atoms with E-state index in [9.17, 15) is 22.0 Å². The third-order valence-corrected chi connectivity index (χ3v) is 5.08. The van der Waals surface area contributed by atoms with Crippen molar-refractivity contribution in [1.29, 1.82) is 0 Å². The first kappa shape index (κ1) is 15.3. The molecule has 1 N–H and O–H groups in total. The van der Waals surface area contributed by atoms with E-state index in [1.54, 1.807) is 4.72 Å². The summed E-state index contributed by atoms with van der Waals surface area (Å²) in [5, 5.41) is 1.32. The Labute approximate surface area is 118 Å². The standard InChI is InChI=1S/C10H12F2N2O4S2/c11-9(12)8-7(1-6-19-8)10(15)13-20(16,17)14-2-4-18-5-3-14/h1,6,9H,2-5H2,(H,13,15). The van der Waals surface area contributed by atoms with Gasteiger partial charge in [0.2, 0.25) is 0 Å². The number of morpholine rings is 1. The van der Waals surface area contributed by atoms with Crippen LogP contribution in [0.5, 0.6) is 0 Å². The molecule has 2 heterocycles. The monoisotopic (exact) mass is 326 g/mol. The van der Waals surface area contributed by atoms with Gasteiger partial charge in [-0.2, -0.15) is 12.7 Å². The van der Waals surface area contributed by atoms with Gasteiger partial charge in [-0.15, -0.1) is 11.3 Å². The maximum Gasteiger partial charge on any atom is 0.304 e. The minimum atomic E-state index is -4.04. The molecule has 0 aromatic carbocycles. The summed E-state index contributed by atoms with van der Waals surface area (Å²) in [6, 6.07) is 1.18. The SMILES string of the molecule is O=C(NS(=O)(=O)N1CCOCC1)c1ccsc1C(F)F. The summed E-state index contributed by atoms with van der Waals surface area (Å²) in [5.74, 6) is -1.05. The van der Waals surface area contributed by atoms with Crippen LogP contribution in [0.1, 0.15) is 21.7 Å². The summed E-state index contributed by atoms with van der Waals surface area (Å²) in [6.45, 7) is 0.702. The van der Waals surface area contributed by atoms with Gasteiger partial charge in [-0.1, -0.05) is 0 Å². The van der Waals surface area contributed by atoms with Crippen LogP contribution in [0.25, 0.3) is 0 Å². The van der Waals surface area contributed by atoms with E-state index < -0.39 is 27.4 Å². The first-order chi connectivity index (χ1) is 9.42. The molecule has 0 spiro atoms. The second-order valence-electron chi connectivity index (χ2n) is 3.95. The number of alkyl halides is 2. The van der Waals surface area contributed by atoms with Crippen molar-refractivity contribution >= 4 is 27.5 Å². The normalized spacial score (nSPS) is 17.4. The van der Waals surface area contributed by atoms with Gasteiger partial charge >= 0.3 is 10.2 Å². The Bertz CT molecular complexity index is 582. The molecule has 0 aliphatic carbocycles. The molecule has 2 rings (SSSR count). The fourth-order valence-electron chi connectivity index (χ4n) is 1.70. The predicted molar refractivity (Wildman–Crippen MR) is 68.1 cm³/mol. The number of halogens is 2. The van der Waals surface area contributed by atoms with Gasteiger partial charge in [-0.05, 0) is 11.4 Å². The lowest BCUT2D eigenvalue weighted by molar-refractivity contribution is 0.0718. The van der Waals surface area contributed by atoms with Crippen LogP contribution in [-0.2, 0) is 14.9 Å². The second-order valence-corrected chi connectivity index (χ2v) is 6.57. The first-order valence-corrected chi connectivity index (χ1v) is 7.99. The summed E-state index contributed by atoms with van der Waals surface area (Å²) in [6.07, 6.45) is -2.82. The fraction of sp³-hybridized carbons (Fsp3) is 0.500. The Morgan fingerprint density at radius 3 is 2.65 bits per heavy atom. The van der Waals surface area contributed by atoms with Gasteiger partial charge in [0.25, 0.3) is 12.3 Å². The summed E-state index contributed by atoms with van der Waals surface area (Å²) in [5.41, 5.74) is -0.318. The molecule has 6 nitrogen and oxygen atoms in total. The Balaban J connectivity index is 2.12. The first-order valence-electron chi connectivity index (χ1n) is 5.67. The van der Waals surface area contributed by atoms with Crippen molar-refractivity contribution in [2.75, 3.05) is 26.3 Å². The fourth-order valence-corrected chi connectivity index (χ4v) is 3.55. The van der Waals surface area contributed by atoms with Gasteiger partial charge < -0.3 is 4.74 Å². The number of rotatable bonds is 4. The molecule has 112 valence electrons. The number of nitrogens with one attached hydrogen (secondary N) is 1. The topological polar surface area (TPSA) is 75.7 Å². The molecule has 10 heteroatoms. The van der Waals surface area contributed by atoms with Crippen LogP contribution < -0.4 is 4.72 Å². The van der Waals surface area contributed by atoms with Crippen molar-refractivity contribution in [2.45, 2.75) is 6.43 Å². The number of amides is 1. The van der Waals surface area contributed by atoms with Crippen LogP contribution in [0.4, 0.5) is 8.78 Å². The number of nitrogens with zero attached hydrogens (tertiary/aromatic N) is 1. The lowest BCUT2D eigenvalue weighted by Crippen LogP contribution is -2.48. The highest BCUT2D eigenvalue weighted by molar-refractivity contribution is 7.87. The van der Waals surface area contributed by atoms with E-state index in [1.165, 1.54) is 11.4 Å². The average molecular weight is 326 g/mol. The largest absolute Gasteiger partial charge is 0.379 e. The van der Waals surface area contributed by atoms with Crippen molar-refractivity contribution in [3.05, 3.63) is 21.9 Å². The molecule has 1 aromatic heterocycles. The number of hydrogen-bond donors (Lipinski definition) is 1. The van der Waals surface area contributed by atoms with E-state index in [1.807, 2.05) is 0 Å². The summed E-state index contributed by atoms with van der Waals surface area (Å²) in [4.78, 5) is 11.4. The van der Waals surface area contributed by atoms with Crippen LogP contribution >= 0.6 is 11.3 Å². The second kappa shape index (κ2) is 6.12. The minimum Gasteiger partial charge on any atom is -0.379 e. The molecule has 1 aromatic rings.